The predicted molar refractivity (Wildman–Crippen MR) is 61.4 cm³/mol. The fourth-order valence-corrected chi connectivity index (χ4v) is 1.79. The van der Waals surface area contributed by atoms with Gasteiger partial charge in [-0.05, 0) is 44.9 Å². The summed E-state index contributed by atoms with van der Waals surface area (Å²) in [5, 5.41) is 0. The van der Waals surface area contributed by atoms with Gasteiger partial charge in [-0.1, -0.05) is 24.3 Å². The molecular weight excluding hydrogens is 172 g/mol. The van der Waals surface area contributed by atoms with Gasteiger partial charge in [-0.3, -0.25) is 0 Å². The molecule has 1 rings (SSSR count). The minimum atomic E-state index is 0.465. The van der Waals surface area contributed by atoms with Crippen LogP contribution in [0.5, 0.6) is 0 Å². The Balaban J connectivity index is 2.33. The summed E-state index contributed by atoms with van der Waals surface area (Å²) in [6.45, 7) is 0. The van der Waals surface area contributed by atoms with Crippen molar-refractivity contribution in [3.8, 4) is 0 Å². The number of hydrogen-bond donors (Lipinski definition) is 0. The molecule has 0 aromatic rings. The van der Waals surface area contributed by atoms with Crippen LogP contribution in [0.15, 0.2) is 24.3 Å². The summed E-state index contributed by atoms with van der Waals surface area (Å²) >= 11 is 0. The van der Waals surface area contributed by atoms with Crippen LogP contribution in [0.4, 0.5) is 0 Å². The van der Waals surface area contributed by atoms with Gasteiger partial charge in [0.15, 0.2) is 0 Å². The van der Waals surface area contributed by atoms with Gasteiger partial charge in [0, 0.05) is 7.11 Å². The van der Waals surface area contributed by atoms with E-state index in [1.54, 1.807) is 0 Å². The first-order valence-electron chi connectivity index (χ1n) is 5.76. The predicted octanol–water partition coefficient (Wildman–Crippen LogP) is 3.86. The van der Waals surface area contributed by atoms with E-state index in [9.17, 15) is 0 Å². The quantitative estimate of drug-likeness (QED) is 0.576. The van der Waals surface area contributed by atoms with Gasteiger partial charge >= 0.3 is 0 Å². The normalized spacial score (nSPS) is 29.9. The van der Waals surface area contributed by atoms with Crippen molar-refractivity contribution in [2.24, 2.45) is 0 Å². The van der Waals surface area contributed by atoms with Gasteiger partial charge in [0.2, 0.25) is 0 Å². The smallest absolute Gasteiger partial charge is 0.0574 e. The molecule has 0 saturated carbocycles. The summed E-state index contributed by atoms with van der Waals surface area (Å²) < 4.78 is 5.44. The highest BCUT2D eigenvalue weighted by Crippen LogP contribution is 2.12. The number of hydrogen-bond acceptors (Lipinski definition) is 1. The fourth-order valence-electron chi connectivity index (χ4n) is 1.79. The molecule has 1 atom stereocenters. The molecule has 0 fully saturated rings. The molecule has 0 bridgehead atoms. The lowest BCUT2D eigenvalue weighted by molar-refractivity contribution is 0.0873. The third-order valence-corrected chi connectivity index (χ3v) is 2.72. The maximum absolute atomic E-state index is 5.44. The van der Waals surface area contributed by atoms with Crippen molar-refractivity contribution in [2.75, 3.05) is 7.11 Å². The maximum atomic E-state index is 5.44. The van der Waals surface area contributed by atoms with Crippen molar-refractivity contribution < 1.29 is 4.74 Å². The molecule has 80 valence electrons. The highest BCUT2D eigenvalue weighted by Gasteiger charge is 2.04. The first-order valence-corrected chi connectivity index (χ1v) is 5.76. The van der Waals surface area contributed by atoms with Gasteiger partial charge < -0.3 is 4.74 Å². The van der Waals surface area contributed by atoms with E-state index >= 15 is 0 Å². The van der Waals surface area contributed by atoms with E-state index in [1.807, 2.05) is 7.11 Å². The van der Waals surface area contributed by atoms with Crippen LogP contribution >= 0.6 is 0 Å². The van der Waals surface area contributed by atoms with Crippen LogP contribution in [-0.4, -0.2) is 13.2 Å². The molecule has 0 radical (unpaired) electrons. The van der Waals surface area contributed by atoms with Gasteiger partial charge in [0.1, 0.15) is 0 Å². The second kappa shape index (κ2) is 7.81. The van der Waals surface area contributed by atoms with Crippen LogP contribution in [0.2, 0.25) is 0 Å². The molecule has 1 heteroatoms. The molecule has 1 nitrogen and oxygen atoms in total. The monoisotopic (exact) mass is 194 g/mol. The summed E-state index contributed by atoms with van der Waals surface area (Å²) in [5.74, 6) is 0. The van der Waals surface area contributed by atoms with Gasteiger partial charge in [-0.15, -0.1) is 0 Å². The van der Waals surface area contributed by atoms with E-state index in [1.165, 1.54) is 44.9 Å². The molecule has 1 aliphatic carbocycles. The average Bonchev–Trinajstić information content (AvgIpc) is 2.19. The van der Waals surface area contributed by atoms with Crippen LogP contribution in [-0.2, 0) is 4.74 Å². The lowest BCUT2D eigenvalue weighted by Crippen LogP contribution is -2.09. The highest BCUT2D eigenvalue weighted by molar-refractivity contribution is 4.89. The van der Waals surface area contributed by atoms with Crippen LogP contribution in [0.1, 0.15) is 44.9 Å². The summed E-state index contributed by atoms with van der Waals surface area (Å²) in [6, 6.07) is 0. The van der Waals surface area contributed by atoms with E-state index < -0.39 is 0 Å². The number of rotatable bonds is 1. The molecule has 0 aliphatic heterocycles. The Morgan fingerprint density at radius 2 is 1.50 bits per heavy atom. The molecule has 0 heterocycles. The largest absolute Gasteiger partial charge is 0.381 e. The molecule has 0 amide bonds. The molecule has 0 aromatic carbocycles. The van der Waals surface area contributed by atoms with Gasteiger partial charge in [0.05, 0.1) is 6.10 Å². The zero-order valence-electron chi connectivity index (χ0n) is 9.24. The van der Waals surface area contributed by atoms with Crippen molar-refractivity contribution in [3.63, 3.8) is 0 Å². The number of allylic oxidation sites excluding steroid dienone is 4. The Hall–Kier alpha value is -0.560. The van der Waals surface area contributed by atoms with Crippen LogP contribution < -0.4 is 0 Å². The lowest BCUT2D eigenvalue weighted by Gasteiger charge is -2.13. The van der Waals surface area contributed by atoms with Crippen molar-refractivity contribution in [3.05, 3.63) is 24.3 Å². The number of ether oxygens (including phenoxy) is 1. The minimum absolute atomic E-state index is 0.465. The van der Waals surface area contributed by atoms with Crippen molar-refractivity contribution in [2.45, 2.75) is 51.0 Å². The molecular formula is C13H22O. The van der Waals surface area contributed by atoms with Gasteiger partial charge in [-0.2, -0.15) is 0 Å². The summed E-state index contributed by atoms with van der Waals surface area (Å²) in [7, 11) is 1.83. The van der Waals surface area contributed by atoms with Gasteiger partial charge in [-0.25, -0.2) is 0 Å². The molecule has 1 aliphatic rings. The molecule has 14 heavy (non-hydrogen) atoms. The zero-order valence-corrected chi connectivity index (χ0v) is 9.24. The summed E-state index contributed by atoms with van der Waals surface area (Å²) in [6.07, 6.45) is 18.1. The first-order chi connectivity index (χ1) is 6.93. The third kappa shape index (κ3) is 5.23. The van der Waals surface area contributed by atoms with E-state index in [-0.39, 0.29) is 0 Å². The molecule has 0 N–H and O–H groups in total. The second-order valence-corrected chi connectivity index (χ2v) is 3.89. The Labute approximate surface area is 87.8 Å². The molecule has 0 aromatic heterocycles. The molecule has 0 spiro atoms. The molecule has 0 saturated heterocycles. The summed E-state index contributed by atoms with van der Waals surface area (Å²) in [5.41, 5.74) is 0. The van der Waals surface area contributed by atoms with Crippen LogP contribution in [0.25, 0.3) is 0 Å². The zero-order chi connectivity index (χ0) is 10.1. The SMILES string of the molecule is COC1CC/C=C\CC/C=C\CCC1. The van der Waals surface area contributed by atoms with Crippen LogP contribution in [0, 0.1) is 0 Å². The second-order valence-electron chi connectivity index (χ2n) is 3.89. The van der Waals surface area contributed by atoms with E-state index in [2.05, 4.69) is 24.3 Å². The standard InChI is InChI=1S/C13H22O/c1-14-13-11-9-7-5-3-2-4-6-8-10-12-13/h3,5-6,8,13H,2,4,7,9-12H2,1H3/b5-3-,8-6-. The van der Waals surface area contributed by atoms with Crippen LogP contribution in [0.3, 0.4) is 0 Å². The average molecular weight is 194 g/mol. The Morgan fingerprint density at radius 3 is 2.21 bits per heavy atom. The topological polar surface area (TPSA) is 9.23 Å². The highest BCUT2D eigenvalue weighted by atomic mass is 16.5. The maximum Gasteiger partial charge on any atom is 0.0574 e. The Bertz CT molecular complexity index is 182. The van der Waals surface area contributed by atoms with E-state index in [4.69, 9.17) is 4.74 Å². The minimum Gasteiger partial charge on any atom is -0.381 e. The van der Waals surface area contributed by atoms with Crippen molar-refractivity contribution in [1.29, 1.82) is 0 Å². The van der Waals surface area contributed by atoms with Crippen molar-refractivity contribution >= 4 is 0 Å². The Kier molecular flexibility index (Phi) is 6.42. The first kappa shape index (κ1) is 11.5. The van der Waals surface area contributed by atoms with Gasteiger partial charge in [0.25, 0.3) is 0 Å². The Morgan fingerprint density at radius 1 is 0.857 bits per heavy atom. The molecule has 1 unspecified atom stereocenters. The van der Waals surface area contributed by atoms with E-state index in [0.29, 0.717) is 6.10 Å². The number of methoxy groups -OCH3 is 1. The van der Waals surface area contributed by atoms with E-state index in [0.717, 1.165) is 0 Å². The lowest BCUT2D eigenvalue weighted by atomic mass is 10.1. The third-order valence-electron chi connectivity index (χ3n) is 2.72. The summed E-state index contributed by atoms with van der Waals surface area (Å²) in [4.78, 5) is 0. The fraction of sp³-hybridized carbons (Fsp3) is 0.692. The van der Waals surface area contributed by atoms with Crippen molar-refractivity contribution in [1.82, 2.24) is 0 Å².